The Balaban J connectivity index is 2.21. The molecule has 0 saturated carbocycles. The molecule has 4 heteroatoms. The molecule has 3 aromatic rings. The van der Waals surface area contributed by atoms with Crippen molar-refractivity contribution in [3.05, 3.63) is 48.2 Å². The van der Waals surface area contributed by atoms with Gasteiger partial charge in [-0.1, -0.05) is 24.3 Å². The van der Waals surface area contributed by atoms with E-state index >= 15 is 0 Å². The highest BCUT2D eigenvalue weighted by Gasteiger charge is 2.12. The number of aryl methyl sites for hydroxylation is 1. The third-order valence-electron chi connectivity index (χ3n) is 3.13. The van der Waals surface area contributed by atoms with Crippen LogP contribution in [0.1, 0.15) is 17.3 Å². The minimum absolute atomic E-state index is 0.663. The number of hydrogen-bond acceptors (Lipinski definition) is 3. The molecule has 0 unspecified atom stereocenters. The van der Waals surface area contributed by atoms with E-state index in [9.17, 15) is 4.79 Å². The van der Waals surface area contributed by atoms with Crippen LogP contribution in [0.15, 0.2) is 42.6 Å². The normalized spacial score (nSPS) is 10.8. The third-order valence-corrected chi connectivity index (χ3v) is 3.13. The Morgan fingerprint density at radius 3 is 2.68 bits per heavy atom. The lowest BCUT2D eigenvalue weighted by molar-refractivity contribution is 0.112. The lowest BCUT2D eigenvalue weighted by Crippen LogP contribution is -1.95. The number of pyridine rings is 1. The number of carbonyl (C=O) groups is 1. The van der Waals surface area contributed by atoms with E-state index in [1.807, 2.05) is 28.9 Å². The number of rotatable bonds is 3. The Bertz CT molecular complexity index is 729. The molecule has 2 heterocycles. The zero-order valence-electron chi connectivity index (χ0n) is 10.6. The first-order chi connectivity index (χ1) is 9.33. The van der Waals surface area contributed by atoms with Crippen LogP contribution in [0.4, 0.5) is 0 Å². The molecule has 1 aromatic carbocycles. The van der Waals surface area contributed by atoms with E-state index in [4.69, 9.17) is 0 Å². The molecule has 3 rings (SSSR count). The van der Waals surface area contributed by atoms with Crippen molar-refractivity contribution in [2.24, 2.45) is 0 Å². The minimum Gasteiger partial charge on any atom is -0.298 e. The molecule has 0 spiro atoms. The van der Waals surface area contributed by atoms with Gasteiger partial charge in [-0.2, -0.15) is 5.10 Å². The largest absolute Gasteiger partial charge is 0.298 e. The highest BCUT2D eigenvalue weighted by molar-refractivity contribution is 5.90. The van der Waals surface area contributed by atoms with Gasteiger partial charge in [0.25, 0.3) is 0 Å². The molecular weight excluding hydrogens is 238 g/mol. The smallest absolute Gasteiger partial charge is 0.150 e. The molecule has 0 radical (unpaired) electrons. The van der Waals surface area contributed by atoms with Crippen LogP contribution >= 0.6 is 0 Å². The molecule has 0 aliphatic rings. The van der Waals surface area contributed by atoms with Gasteiger partial charge < -0.3 is 0 Å². The highest BCUT2D eigenvalue weighted by atomic mass is 16.1. The van der Waals surface area contributed by atoms with Crippen LogP contribution in [0.5, 0.6) is 0 Å². The van der Waals surface area contributed by atoms with Crippen LogP contribution in [0.25, 0.3) is 22.3 Å². The van der Waals surface area contributed by atoms with Gasteiger partial charge in [0.2, 0.25) is 0 Å². The van der Waals surface area contributed by atoms with Crippen LogP contribution in [-0.2, 0) is 6.54 Å². The molecule has 0 aliphatic carbocycles. The molecule has 0 bridgehead atoms. The number of benzene rings is 1. The summed E-state index contributed by atoms with van der Waals surface area (Å²) in [6, 6.07) is 11.3. The fraction of sp³-hybridized carbons (Fsp3) is 0.133. The summed E-state index contributed by atoms with van der Waals surface area (Å²) >= 11 is 0. The summed E-state index contributed by atoms with van der Waals surface area (Å²) in [5, 5.41) is 4.60. The van der Waals surface area contributed by atoms with Gasteiger partial charge in [0.1, 0.15) is 17.5 Å². The second-order valence-corrected chi connectivity index (χ2v) is 4.28. The van der Waals surface area contributed by atoms with Gasteiger partial charge in [-0.15, -0.1) is 0 Å². The van der Waals surface area contributed by atoms with Crippen LogP contribution in [0.2, 0.25) is 0 Å². The van der Waals surface area contributed by atoms with Gasteiger partial charge in [0.15, 0.2) is 0 Å². The van der Waals surface area contributed by atoms with Crippen molar-refractivity contribution in [2.75, 3.05) is 0 Å². The molecule has 0 N–H and O–H groups in total. The van der Waals surface area contributed by atoms with E-state index in [-0.39, 0.29) is 0 Å². The maximum Gasteiger partial charge on any atom is 0.150 e. The maximum atomic E-state index is 10.7. The van der Waals surface area contributed by atoms with E-state index in [0.29, 0.717) is 5.56 Å². The van der Waals surface area contributed by atoms with Crippen LogP contribution in [-0.4, -0.2) is 21.1 Å². The van der Waals surface area contributed by atoms with Crippen molar-refractivity contribution >= 4 is 17.3 Å². The van der Waals surface area contributed by atoms with Crippen LogP contribution in [0.3, 0.4) is 0 Å². The number of hydrogen-bond donors (Lipinski definition) is 0. The zero-order chi connectivity index (χ0) is 13.2. The van der Waals surface area contributed by atoms with E-state index < -0.39 is 0 Å². The monoisotopic (exact) mass is 251 g/mol. The predicted octanol–water partition coefficient (Wildman–Crippen LogP) is 2.93. The molecule has 0 fully saturated rings. The molecule has 4 nitrogen and oxygen atoms in total. The van der Waals surface area contributed by atoms with Crippen LogP contribution < -0.4 is 0 Å². The van der Waals surface area contributed by atoms with Crippen LogP contribution in [0, 0.1) is 0 Å². The van der Waals surface area contributed by atoms with Gasteiger partial charge >= 0.3 is 0 Å². The third kappa shape index (κ3) is 1.91. The summed E-state index contributed by atoms with van der Waals surface area (Å²) in [5.41, 5.74) is 4.41. The fourth-order valence-electron chi connectivity index (χ4n) is 2.16. The standard InChI is InChI=1S/C15H13N3O/c1-2-18-13-4-3-9-16-15(13)14(17-18)12-7-5-11(10-19)6-8-12/h3-10H,2H2,1H3. The molecule has 0 amide bonds. The van der Waals surface area contributed by atoms with E-state index in [2.05, 4.69) is 17.0 Å². The first-order valence-corrected chi connectivity index (χ1v) is 6.20. The lowest BCUT2D eigenvalue weighted by atomic mass is 10.1. The number of nitrogens with zero attached hydrogens (tertiary/aromatic N) is 3. The first-order valence-electron chi connectivity index (χ1n) is 6.20. The average Bonchev–Trinajstić information content (AvgIpc) is 2.86. The van der Waals surface area contributed by atoms with E-state index in [1.54, 1.807) is 18.3 Å². The Morgan fingerprint density at radius 1 is 1.21 bits per heavy atom. The van der Waals surface area contributed by atoms with E-state index in [1.165, 1.54) is 0 Å². The number of carbonyl (C=O) groups excluding carboxylic acids is 1. The van der Waals surface area contributed by atoms with Gasteiger partial charge in [-0.25, -0.2) is 0 Å². The zero-order valence-corrected chi connectivity index (χ0v) is 10.6. The van der Waals surface area contributed by atoms with E-state index in [0.717, 1.165) is 35.1 Å². The summed E-state index contributed by atoms with van der Waals surface area (Å²) < 4.78 is 1.94. The molecule has 0 aliphatic heterocycles. The molecule has 2 aromatic heterocycles. The SMILES string of the molecule is CCn1nc(-c2ccc(C=O)cc2)c2ncccc21. The summed E-state index contributed by atoms with van der Waals surface area (Å²) in [6.45, 7) is 2.85. The highest BCUT2D eigenvalue weighted by Crippen LogP contribution is 2.26. The molecule has 19 heavy (non-hydrogen) atoms. The molecule has 0 saturated heterocycles. The molecule has 94 valence electrons. The number of aldehydes is 1. The maximum absolute atomic E-state index is 10.7. The summed E-state index contributed by atoms with van der Waals surface area (Å²) in [7, 11) is 0. The van der Waals surface area contributed by atoms with Gasteiger partial charge in [0, 0.05) is 23.9 Å². The topological polar surface area (TPSA) is 47.8 Å². The second kappa shape index (κ2) is 4.65. The molecular formula is C15H13N3O. The van der Waals surface area contributed by atoms with Gasteiger partial charge in [-0.3, -0.25) is 14.5 Å². The Kier molecular flexibility index (Phi) is 2.83. The summed E-state index contributed by atoms with van der Waals surface area (Å²) in [6.07, 6.45) is 2.61. The van der Waals surface area contributed by atoms with Crippen molar-refractivity contribution in [3.63, 3.8) is 0 Å². The van der Waals surface area contributed by atoms with Crippen molar-refractivity contribution < 1.29 is 4.79 Å². The average molecular weight is 251 g/mol. The number of aromatic nitrogens is 3. The Morgan fingerprint density at radius 2 is 2.00 bits per heavy atom. The quantitative estimate of drug-likeness (QED) is 0.672. The van der Waals surface area contributed by atoms with Gasteiger partial charge in [0.05, 0.1) is 5.52 Å². The first kappa shape index (κ1) is 11.6. The molecule has 0 atom stereocenters. The van der Waals surface area contributed by atoms with Crippen molar-refractivity contribution in [1.29, 1.82) is 0 Å². The summed E-state index contributed by atoms with van der Waals surface area (Å²) in [4.78, 5) is 15.1. The Hall–Kier alpha value is -2.49. The van der Waals surface area contributed by atoms with Crippen molar-refractivity contribution in [1.82, 2.24) is 14.8 Å². The van der Waals surface area contributed by atoms with Crippen molar-refractivity contribution in [3.8, 4) is 11.3 Å². The minimum atomic E-state index is 0.663. The van der Waals surface area contributed by atoms with Gasteiger partial charge in [-0.05, 0) is 19.1 Å². The summed E-state index contributed by atoms with van der Waals surface area (Å²) in [5.74, 6) is 0. The second-order valence-electron chi connectivity index (χ2n) is 4.28. The van der Waals surface area contributed by atoms with Crippen molar-refractivity contribution in [2.45, 2.75) is 13.5 Å². The predicted molar refractivity (Wildman–Crippen MR) is 74.0 cm³/mol. The Labute approximate surface area is 110 Å². The fourth-order valence-corrected chi connectivity index (χ4v) is 2.16. The number of fused-ring (bicyclic) bond motifs is 1. The lowest BCUT2D eigenvalue weighted by Gasteiger charge is -1.97.